The Bertz CT molecular complexity index is 445. The van der Waals surface area contributed by atoms with Crippen molar-refractivity contribution in [1.82, 2.24) is 9.78 Å². The highest BCUT2D eigenvalue weighted by Crippen LogP contribution is 2.11. The zero-order valence-electron chi connectivity index (χ0n) is 9.68. The summed E-state index contributed by atoms with van der Waals surface area (Å²) in [7, 11) is 0. The summed E-state index contributed by atoms with van der Waals surface area (Å²) in [5.41, 5.74) is 2.44. The fourth-order valence-corrected chi connectivity index (χ4v) is 1.44. The monoisotopic (exact) mass is 216 g/mol. The van der Waals surface area contributed by atoms with Gasteiger partial charge in [0.25, 0.3) is 0 Å². The van der Waals surface area contributed by atoms with Crippen molar-refractivity contribution in [1.29, 1.82) is 0 Å². The first-order chi connectivity index (χ1) is 7.78. The van der Waals surface area contributed by atoms with Crippen LogP contribution in [0.2, 0.25) is 0 Å². The molecule has 1 aromatic carbocycles. The molecule has 0 spiro atoms. The van der Waals surface area contributed by atoms with Crippen LogP contribution in [0.5, 0.6) is 5.75 Å². The number of aryl methyl sites for hydroxylation is 2. The van der Waals surface area contributed by atoms with E-state index in [0.717, 1.165) is 12.3 Å². The summed E-state index contributed by atoms with van der Waals surface area (Å²) < 4.78 is 7.48. The molecule has 0 bridgehead atoms. The molecule has 0 radical (unpaired) electrons. The molecule has 84 valence electrons. The molecule has 0 aliphatic heterocycles. The quantitative estimate of drug-likeness (QED) is 0.785. The van der Waals surface area contributed by atoms with Crippen molar-refractivity contribution in [2.24, 2.45) is 0 Å². The van der Waals surface area contributed by atoms with Crippen molar-refractivity contribution in [2.75, 3.05) is 0 Å². The Hall–Kier alpha value is -1.77. The van der Waals surface area contributed by atoms with Gasteiger partial charge in [-0.2, -0.15) is 5.10 Å². The summed E-state index contributed by atoms with van der Waals surface area (Å²) in [4.78, 5) is 0. The minimum absolute atomic E-state index is 0.593. The topological polar surface area (TPSA) is 27.1 Å². The molecule has 3 heteroatoms. The second kappa shape index (κ2) is 4.84. The minimum Gasteiger partial charge on any atom is -0.486 e. The molecule has 0 aliphatic rings. The predicted molar refractivity (Wildman–Crippen MR) is 63.4 cm³/mol. The second-order valence-corrected chi connectivity index (χ2v) is 3.81. The van der Waals surface area contributed by atoms with E-state index in [1.165, 1.54) is 11.1 Å². The van der Waals surface area contributed by atoms with E-state index in [0.29, 0.717) is 6.61 Å². The van der Waals surface area contributed by atoms with Gasteiger partial charge in [0.15, 0.2) is 5.75 Å². The highest BCUT2D eigenvalue weighted by atomic mass is 16.5. The Labute approximate surface area is 95.7 Å². The maximum Gasteiger partial charge on any atom is 0.157 e. The molecule has 2 aromatic rings. The minimum atomic E-state index is 0.593. The lowest BCUT2D eigenvalue weighted by Crippen LogP contribution is -1.95. The van der Waals surface area contributed by atoms with Crippen LogP contribution in [0.1, 0.15) is 18.1 Å². The molecular weight excluding hydrogens is 200 g/mol. The molecule has 3 nitrogen and oxygen atoms in total. The van der Waals surface area contributed by atoms with Crippen molar-refractivity contribution in [3.63, 3.8) is 0 Å². The van der Waals surface area contributed by atoms with Crippen LogP contribution in [0, 0.1) is 6.92 Å². The van der Waals surface area contributed by atoms with E-state index >= 15 is 0 Å². The zero-order valence-corrected chi connectivity index (χ0v) is 9.68. The summed E-state index contributed by atoms with van der Waals surface area (Å²) in [6.07, 6.45) is 3.66. The molecule has 0 atom stereocenters. The fourth-order valence-electron chi connectivity index (χ4n) is 1.44. The maximum absolute atomic E-state index is 5.63. The van der Waals surface area contributed by atoms with Crippen LogP contribution in [0.4, 0.5) is 0 Å². The third-order valence-corrected chi connectivity index (χ3v) is 2.46. The maximum atomic E-state index is 5.63. The van der Waals surface area contributed by atoms with Crippen LogP contribution < -0.4 is 4.74 Å². The van der Waals surface area contributed by atoms with Crippen LogP contribution in [-0.2, 0) is 13.2 Å². The number of nitrogens with zero attached hydrogens (tertiary/aromatic N) is 2. The van der Waals surface area contributed by atoms with E-state index < -0.39 is 0 Å². The summed E-state index contributed by atoms with van der Waals surface area (Å²) in [6, 6.07) is 8.35. The van der Waals surface area contributed by atoms with Gasteiger partial charge in [0.1, 0.15) is 6.61 Å². The molecule has 0 saturated heterocycles. The molecule has 0 amide bonds. The van der Waals surface area contributed by atoms with Gasteiger partial charge >= 0.3 is 0 Å². The Kier molecular flexibility index (Phi) is 3.25. The summed E-state index contributed by atoms with van der Waals surface area (Å²) in [5.74, 6) is 0.822. The van der Waals surface area contributed by atoms with Crippen LogP contribution in [0.25, 0.3) is 0 Å². The van der Waals surface area contributed by atoms with Crippen molar-refractivity contribution in [3.8, 4) is 5.75 Å². The van der Waals surface area contributed by atoms with Crippen molar-refractivity contribution < 1.29 is 4.74 Å². The Morgan fingerprint density at radius 1 is 1.25 bits per heavy atom. The molecule has 1 aromatic heterocycles. The van der Waals surface area contributed by atoms with E-state index in [2.05, 4.69) is 43.2 Å². The van der Waals surface area contributed by atoms with Gasteiger partial charge in [0.2, 0.25) is 0 Å². The first kappa shape index (κ1) is 10.7. The smallest absolute Gasteiger partial charge is 0.157 e. The molecular formula is C13H16N2O. The van der Waals surface area contributed by atoms with Gasteiger partial charge in [-0.25, -0.2) is 0 Å². The lowest BCUT2D eigenvalue weighted by atomic mass is 10.2. The van der Waals surface area contributed by atoms with E-state index in [1.807, 2.05) is 10.9 Å². The van der Waals surface area contributed by atoms with Crippen LogP contribution >= 0.6 is 0 Å². The molecule has 0 aliphatic carbocycles. The predicted octanol–water partition coefficient (Wildman–Crippen LogP) is 2.79. The lowest BCUT2D eigenvalue weighted by molar-refractivity contribution is 0.306. The Morgan fingerprint density at radius 3 is 2.62 bits per heavy atom. The Balaban J connectivity index is 1.94. The highest BCUT2D eigenvalue weighted by Gasteiger charge is 1.98. The summed E-state index contributed by atoms with van der Waals surface area (Å²) in [6.45, 7) is 5.59. The van der Waals surface area contributed by atoms with Gasteiger partial charge in [0, 0.05) is 6.54 Å². The molecule has 16 heavy (non-hydrogen) atoms. The van der Waals surface area contributed by atoms with Gasteiger partial charge < -0.3 is 4.74 Å². The zero-order chi connectivity index (χ0) is 11.4. The number of hydrogen-bond acceptors (Lipinski definition) is 2. The number of benzene rings is 1. The van der Waals surface area contributed by atoms with Crippen molar-refractivity contribution in [2.45, 2.75) is 27.0 Å². The van der Waals surface area contributed by atoms with Crippen molar-refractivity contribution in [3.05, 3.63) is 47.8 Å². The van der Waals surface area contributed by atoms with Gasteiger partial charge in [0.05, 0.1) is 12.4 Å². The van der Waals surface area contributed by atoms with Crippen molar-refractivity contribution >= 4 is 0 Å². The average molecular weight is 216 g/mol. The average Bonchev–Trinajstić information content (AvgIpc) is 2.76. The SMILES string of the molecule is CCn1cc(OCc2ccc(C)cc2)cn1. The fraction of sp³-hybridized carbons (Fsp3) is 0.308. The molecule has 1 heterocycles. The molecule has 0 unspecified atom stereocenters. The summed E-state index contributed by atoms with van der Waals surface area (Å²) >= 11 is 0. The molecule has 0 N–H and O–H groups in total. The first-order valence-corrected chi connectivity index (χ1v) is 5.48. The summed E-state index contributed by atoms with van der Waals surface area (Å²) in [5, 5.41) is 4.15. The van der Waals surface area contributed by atoms with Gasteiger partial charge in [-0.15, -0.1) is 0 Å². The van der Waals surface area contributed by atoms with E-state index in [9.17, 15) is 0 Å². The standard InChI is InChI=1S/C13H16N2O/c1-3-15-9-13(8-14-15)16-10-12-6-4-11(2)5-7-12/h4-9H,3,10H2,1-2H3. The van der Waals surface area contributed by atoms with E-state index in [4.69, 9.17) is 4.74 Å². The van der Waals surface area contributed by atoms with E-state index in [1.54, 1.807) is 6.20 Å². The van der Waals surface area contributed by atoms with Gasteiger partial charge in [-0.05, 0) is 19.4 Å². The lowest BCUT2D eigenvalue weighted by Gasteiger charge is -2.03. The van der Waals surface area contributed by atoms with Gasteiger partial charge in [-0.3, -0.25) is 4.68 Å². The van der Waals surface area contributed by atoms with Gasteiger partial charge in [-0.1, -0.05) is 29.8 Å². The second-order valence-electron chi connectivity index (χ2n) is 3.81. The van der Waals surface area contributed by atoms with Crippen LogP contribution in [0.15, 0.2) is 36.7 Å². The largest absolute Gasteiger partial charge is 0.486 e. The third-order valence-electron chi connectivity index (χ3n) is 2.46. The molecule has 0 saturated carbocycles. The van der Waals surface area contributed by atoms with Crippen LogP contribution in [0.3, 0.4) is 0 Å². The number of aromatic nitrogens is 2. The third kappa shape index (κ3) is 2.63. The normalized spacial score (nSPS) is 10.4. The highest BCUT2D eigenvalue weighted by molar-refractivity contribution is 5.21. The molecule has 2 rings (SSSR count). The number of rotatable bonds is 4. The van der Waals surface area contributed by atoms with Crippen LogP contribution in [-0.4, -0.2) is 9.78 Å². The molecule has 0 fully saturated rings. The first-order valence-electron chi connectivity index (χ1n) is 5.48. The number of hydrogen-bond donors (Lipinski definition) is 0. The number of ether oxygens (including phenoxy) is 1. The van der Waals surface area contributed by atoms with E-state index in [-0.39, 0.29) is 0 Å². The Morgan fingerprint density at radius 2 is 2.00 bits per heavy atom.